The van der Waals surface area contributed by atoms with E-state index in [0.29, 0.717) is 28.3 Å². The summed E-state index contributed by atoms with van der Waals surface area (Å²) < 4.78 is 2.40. The van der Waals surface area contributed by atoms with Crippen LogP contribution in [0.15, 0.2) is 28.0 Å². The zero-order chi connectivity index (χ0) is 13.6. The minimum atomic E-state index is -0.494. The topological polar surface area (TPSA) is 102 Å². The van der Waals surface area contributed by atoms with Crippen molar-refractivity contribution in [1.29, 1.82) is 0 Å². The van der Waals surface area contributed by atoms with Gasteiger partial charge in [0.25, 0.3) is 5.56 Å². The summed E-state index contributed by atoms with van der Waals surface area (Å²) in [5.41, 5.74) is 3.08. The van der Waals surface area contributed by atoms with Crippen LogP contribution >= 0.6 is 0 Å². The lowest BCUT2D eigenvalue weighted by Gasteiger charge is -2.03. The summed E-state index contributed by atoms with van der Waals surface area (Å²) in [4.78, 5) is 40.7. The van der Waals surface area contributed by atoms with E-state index in [0.717, 1.165) is 4.57 Å². The number of imidazole rings is 1. The molecule has 0 radical (unpaired) electrons. The highest BCUT2D eigenvalue weighted by atomic mass is 16.2. The highest BCUT2D eigenvalue weighted by molar-refractivity contribution is 5.93. The molecule has 0 unspecified atom stereocenters. The number of H-pyrrole nitrogens is 1. The molecule has 96 valence electrons. The minimum Gasteiger partial charge on any atom is -0.307 e. The summed E-state index contributed by atoms with van der Waals surface area (Å²) in [6.45, 7) is 0. The Morgan fingerprint density at radius 2 is 2.16 bits per heavy atom. The number of benzene rings is 1. The molecule has 0 fully saturated rings. The van der Waals surface area contributed by atoms with Gasteiger partial charge in [-0.3, -0.25) is 19.6 Å². The number of nitrogens with one attached hydrogen (secondary N) is 2. The Morgan fingerprint density at radius 3 is 2.89 bits per heavy atom. The molecule has 8 nitrogen and oxygen atoms in total. The maximum atomic E-state index is 12.0. The summed E-state index contributed by atoms with van der Waals surface area (Å²) in [5.74, 6) is 0. The number of amides is 1. The van der Waals surface area contributed by atoms with Crippen molar-refractivity contribution in [2.24, 2.45) is 7.05 Å². The van der Waals surface area contributed by atoms with Crippen LogP contribution in [0.2, 0.25) is 0 Å². The van der Waals surface area contributed by atoms with Crippen molar-refractivity contribution >= 4 is 28.3 Å². The van der Waals surface area contributed by atoms with E-state index in [1.807, 2.05) is 0 Å². The average molecular weight is 259 g/mol. The first-order chi connectivity index (χ1) is 9.11. The summed E-state index contributed by atoms with van der Waals surface area (Å²) in [7, 11) is 1.40. The Bertz CT molecular complexity index is 918. The summed E-state index contributed by atoms with van der Waals surface area (Å²) in [5, 5.41) is 0.367. The lowest BCUT2D eigenvalue weighted by molar-refractivity contribution is -0.106. The average Bonchev–Trinajstić information content (AvgIpc) is 2.78. The molecule has 19 heavy (non-hydrogen) atoms. The summed E-state index contributed by atoms with van der Waals surface area (Å²) in [6.07, 6.45) is 1.93. The van der Waals surface area contributed by atoms with E-state index in [4.69, 9.17) is 0 Å². The van der Waals surface area contributed by atoms with Crippen LogP contribution in [0.1, 0.15) is 0 Å². The molecule has 0 aliphatic rings. The van der Waals surface area contributed by atoms with Gasteiger partial charge in [-0.05, 0) is 12.1 Å². The number of fused-ring (bicyclic) bond motifs is 2. The maximum Gasteiger partial charge on any atom is 0.328 e. The van der Waals surface area contributed by atoms with Gasteiger partial charge in [-0.25, -0.2) is 14.5 Å². The maximum absolute atomic E-state index is 12.0. The first-order valence-corrected chi connectivity index (χ1v) is 5.42. The van der Waals surface area contributed by atoms with Crippen molar-refractivity contribution in [2.75, 3.05) is 5.43 Å². The molecule has 1 amide bonds. The highest BCUT2D eigenvalue weighted by Crippen LogP contribution is 2.16. The van der Waals surface area contributed by atoms with E-state index in [2.05, 4.69) is 15.4 Å². The predicted octanol–water partition coefficient (Wildman–Crippen LogP) is -0.724. The summed E-state index contributed by atoms with van der Waals surface area (Å²) >= 11 is 0. The largest absolute Gasteiger partial charge is 0.328 e. The molecule has 0 spiro atoms. The Kier molecular flexibility index (Phi) is 2.24. The highest BCUT2D eigenvalue weighted by Gasteiger charge is 2.09. The zero-order valence-electron chi connectivity index (χ0n) is 9.88. The molecular formula is C11H9N5O3. The number of aromatic nitrogens is 4. The Hall–Kier alpha value is -2.90. The quantitative estimate of drug-likeness (QED) is 0.593. The van der Waals surface area contributed by atoms with Crippen LogP contribution < -0.4 is 16.7 Å². The molecule has 2 N–H and O–H groups in total. The molecule has 3 rings (SSSR count). The standard InChI is InChI=1S/C11H9N5O3/c1-15-10(18)6-2-8-9(3-7(6)14-11(15)19)16(4-12-8)13-5-17/h2-5H,1H3,(H,13,17)(H,14,19). The Labute approximate surface area is 105 Å². The van der Waals surface area contributed by atoms with E-state index >= 15 is 0 Å². The molecule has 0 atom stereocenters. The van der Waals surface area contributed by atoms with E-state index < -0.39 is 11.2 Å². The molecule has 0 aliphatic heterocycles. The number of rotatable bonds is 2. The normalized spacial score (nSPS) is 11.0. The molecule has 0 saturated heterocycles. The number of nitrogens with zero attached hydrogens (tertiary/aromatic N) is 3. The molecule has 3 aromatic rings. The van der Waals surface area contributed by atoms with Gasteiger partial charge in [-0.1, -0.05) is 0 Å². The van der Waals surface area contributed by atoms with Crippen molar-refractivity contribution in [3.05, 3.63) is 39.3 Å². The van der Waals surface area contributed by atoms with Crippen LogP contribution in [0, 0.1) is 0 Å². The smallest absolute Gasteiger partial charge is 0.307 e. The van der Waals surface area contributed by atoms with Gasteiger partial charge in [0.05, 0.1) is 21.9 Å². The molecule has 0 bridgehead atoms. The van der Waals surface area contributed by atoms with Crippen LogP contribution in [0.3, 0.4) is 0 Å². The summed E-state index contributed by atoms with van der Waals surface area (Å²) in [6, 6.07) is 3.17. The third kappa shape index (κ3) is 1.53. The van der Waals surface area contributed by atoms with Crippen molar-refractivity contribution in [2.45, 2.75) is 0 Å². The van der Waals surface area contributed by atoms with Crippen molar-refractivity contribution < 1.29 is 4.79 Å². The number of hydrogen-bond acceptors (Lipinski definition) is 4. The van der Waals surface area contributed by atoms with Gasteiger partial charge in [0.15, 0.2) is 0 Å². The van der Waals surface area contributed by atoms with E-state index in [1.54, 1.807) is 12.1 Å². The SMILES string of the molecule is Cn1c(=O)[nH]c2cc3c(cc2c1=O)ncn3NC=O. The van der Waals surface area contributed by atoms with Gasteiger partial charge < -0.3 is 4.98 Å². The van der Waals surface area contributed by atoms with E-state index in [1.165, 1.54) is 18.1 Å². The second-order valence-electron chi connectivity index (χ2n) is 4.04. The third-order valence-electron chi connectivity index (χ3n) is 2.96. The molecule has 8 heteroatoms. The zero-order valence-corrected chi connectivity index (χ0v) is 9.88. The van der Waals surface area contributed by atoms with Crippen LogP contribution in [-0.4, -0.2) is 25.6 Å². The lowest BCUT2D eigenvalue weighted by Crippen LogP contribution is -2.32. The molecule has 0 saturated carbocycles. The fourth-order valence-electron chi connectivity index (χ4n) is 1.97. The lowest BCUT2D eigenvalue weighted by atomic mass is 10.2. The first kappa shape index (κ1) is 11.2. The van der Waals surface area contributed by atoms with E-state index in [-0.39, 0.29) is 0 Å². The monoisotopic (exact) mass is 259 g/mol. The van der Waals surface area contributed by atoms with Crippen molar-refractivity contribution in [3.63, 3.8) is 0 Å². The first-order valence-electron chi connectivity index (χ1n) is 5.42. The van der Waals surface area contributed by atoms with Crippen LogP contribution in [0.25, 0.3) is 21.9 Å². The van der Waals surface area contributed by atoms with Crippen LogP contribution in [0.5, 0.6) is 0 Å². The van der Waals surface area contributed by atoms with E-state index in [9.17, 15) is 14.4 Å². The minimum absolute atomic E-state index is 0.367. The molecule has 2 heterocycles. The van der Waals surface area contributed by atoms with Crippen molar-refractivity contribution in [1.82, 2.24) is 19.2 Å². The molecule has 0 aliphatic carbocycles. The van der Waals surface area contributed by atoms with Crippen LogP contribution in [0.4, 0.5) is 0 Å². The van der Waals surface area contributed by atoms with Gasteiger partial charge in [-0.15, -0.1) is 0 Å². The number of aromatic amines is 1. The Morgan fingerprint density at radius 1 is 1.37 bits per heavy atom. The predicted molar refractivity (Wildman–Crippen MR) is 68.5 cm³/mol. The van der Waals surface area contributed by atoms with Gasteiger partial charge >= 0.3 is 5.69 Å². The molecule has 2 aromatic heterocycles. The molecular weight excluding hydrogens is 250 g/mol. The van der Waals surface area contributed by atoms with Crippen LogP contribution in [-0.2, 0) is 11.8 Å². The second-order valence-corrected chi connectivity index (χ2v) is 4.04. The van der Waals surface area contributed by atoms with Gasteiger partial charge in [0.1, 0.15) is 6.33 Å². The number of hydrogen-bond donors (Lipinski definition) is 2. The fraction of sp³-hybridized carbons (Fsp3) is 0.0909. The van der Waals surface area contributed by atoms with Gasteiger partial charge in [0, 0.05) is 7.05 Å². The van der Waals surface area contributed by atoms with Gasteiger partial charge in [-0.2, -0.15) is 0 Å². The number of carbonyl (C=O) groups is 1. The van der Waals surface area contributed by atoms with Crippen molar-refractivity contribution in [3.8, 4) is 0 Å². The number of carbonyl (C=O) groups excluding carboxylic acids is 1. The van der Waals surface area contributed by atoms with Gasteiger partial charge in [0.2, 0.25) is 6.41 Å². The third-order valence-corrected chi connectivity index (χ3v) is 2.96. The second kappa shape index (κ2) is 3.80. The molecule has 1 aromatic carbocycles. The Balaban J connectivity index is 2.47. The fourth-order valence-corrected chi connectivity index (χ4v) is 1.97.